The standard InChI is InChI=1S/C14H12N4O/c1-12(2)4-9-10(19)3-11(12)14(7-17,8-18)13(9,5-15)6-16/h9,11H,3-4H2,1-2H3. The summed E-state index contributed by atoms with van der Waals surface area (Å²) in [5, 5.41) is 37.8. The van der Waals surface area contributed by atoms with E-state index in [1.165, 1.54) is 0 Å². The first-order valence-corrected chi connectivity index (χ1v) is 6.03. The number of fused-ring (bicyclic) bond motifs is 3. The van der Waals surface area contributed by atoms with E-state index in [4.69, 9.17) is 0 Å². The van der Waals surface area contributed by atoms with Crippen molar-refractivity contribution in [1.82, 2.24) is 0 Å². The van der Waals surface area contributed by atoms with Crippen molar-refractivity contribution in [3.63, 3.8) is 0 Å². The number of nitriles is 4. The number of rotatable bonds is 0. The van der Waals surface area contributed by atoms with Crippen molar-refractivity contribution >= 4 is 5.78 Å². The quantitative estimate of drug-likeness (QED) is 0.651. The minimum absolute atomic E-state index is 0.101. The van der Waals surface area contributed by atoms with Crippen molar-refractivity contribution in [2.45, 2.75) is 26.7 Å². The fourth-order valence-electron chi connectivity index (χ4n) is 3.80. The highest BCUT2D eigenvalue weighted by atomic mass is 16.1. The topological polar surface area (TPSA) is 112 Å². The first-order chi connectivity index (χ1) is 8.85. The van der Waals surface area contributed by atoms with Gasteiger partial charge in [-0.15, -0.1) is 0 Å². The zero-order chi connectivity index (χ0) is 14.5. The van der Waals surface area contributed by atoms with E-state index in [2.05, 4.69) is 0 Å². The van der Waals surface area contributed by atoms with Gasteiger partial charge in [0.2, 0.25) is 0 Å². The number of hydrogen-bond donors (Lipinski definition) is 0. The largest absolute Gasteiger partial charge is 0.299 e. The van der Waals surface area contributed by atoms with Crippen LogP contribution in [0.3, 0.4) is 0 Å². The van der Waals surface area contributed by atoms with Gasteiger partial charge in [0, 0.05) is 12.3 Å². The van der Waals surface area contributed by atoms with Crippen LogP contribution in [0.5, 0.6) is 0 Å². The van der Waals surface area contributed by atoms with Crippen LogP contribution in [0.15, 0.2) is 0 Å². The summed E-state index contributed by atoms with van der Waals surface area (Å²) in [5.74, 6) is -1.60. The predicted octanol–water partition coefficient (Wildman–Crippen LogP) is 1.69. The fourth-order valence-corrected chi connectivity index (χ4v) is 3.80. The molecule has 5 nitrogen and oxygen atoms in total. The number of Topliss-reactive ketones (excluding diaryl/α,β-unsaturated/α-hetero) is 1. The molecule has 94 valence electrons. The second-order valence-corrected chi connectivity index (χ2v) is 6.03. The molecule has 0 amide bonds. The highest BCUT2D eigenvalue weighted by Gasteiger charge is 2.74. The molecular formula is C14H12N4O. The van der Waals surface area contributed by atoms with Gasteiger partial charge in [-0.2, -0.15) is 21.0 Å². The maximum Gasteiger partial charge on any atom is 0.185 e. The summed E-state index contributed by atoms with van der Waals surface area (Å²) in [6.07, 6.45) is 0.479. The highest BCUT2D eigenvalue weighted by Crippen LogP contribution is 2.66. The normalized spacial score (nSPS) is 32.4. The molecule has 19 heavy (non-hydrogen) atoms. The van der Waals surface area contributed by atoms with Crippen LogP contribution in [-0.2, 0) is 4.79 Å². The zero-order valence-corrected chi connectivity index (χ0v) is 10.8. The summed E-state index contributed by atoms with van der Waals surface area (Å²) < 4.78 is 0. The Balaban J connectivity index is 2.82. The second-order valence-electron chi connectivity index (χ2n) is 6.03. The van der Waals surface area contributed by atoms with Crippen LogP contribution >= 0.6 is 0 Å². The van der Waals surface area contributed by atoms with E-state index in [-0.39, 0.29) is 12.2 Å². The Morgan fingerprint density at radius 3 is 1.89 bits per heavy atom. The summed E-state index contributed by atoms with van der Waals surface area (Å²) >= 11 is 0. The van der Waals surface area contributed by atoms with E-state index in [0.29, 0.717) is 6.42 Å². The molecule has 0 aromatic heterocycles. The van der Waals surface area contributed by atoms with Gasteiger partial charge in [0.15, 0.2) is 10.8 Å². The lowest BCUT2D eigenvalue weighted by Gasteiger charge is -2.57. The minimum Gasteiger partial charge on any atom is -0.299 e. The van der Waals surface area contributed by atoms with E-state index in [1.807, 2.05) is 38.1 Å². The molecule has 0 aliphatic heterocycles. The Bertz CT molecular complexity index is 592. The molecule has 3 saturated carbocycles. The molecule has 2 atom stereocenters. The van der Waals surface area contributed by atoms with Gasteiger partial charge in [0.05, 0.1) is 30.2 Å². The summed E-state index contributed by atoms with van der Waals surface area (Å²) in [4.78, 5) is 12.1. The number of carbonyl (C=O) groups is 1. The van der Waals surface area contributed by atoms with E-state index >= 15 is 0 Å². The molecule has 3 aliphatic rings. The van der Waals surface area contributed by atoms with Crippen LogP contribution < -0.4 is 0 Å². The molecule has 0 aromatic rings. The predicted molar refractivity (Wildman–Crippen MR) is 62.3 cm³/mol. The summed E-state index contributed by atoms with van der Waals surface area (Å²) in [5.41, 5.74) is -3.97. The molecule has 0 spiro atoms. The monoisotopic (exact) mass is 252 g/mol. The average molecular weight is 252 g/mol. The molecule has 3 aliphatic carbocycles. The van der Waals surface area contributed by atoms with Crippen molar-refractivity contribution in [3.05, 3.63) is 0 Å². The van der Waals surface area contributed by atoms with Gasteiger partial charge in [-0.05, 0) is 11.8 Å². The molecule has 0 aromatic carbocycles. The minimum atomic E-state index is -1.84. The van der Waals surface area contributed by atoms with Gasteiger partial charge < -0.3 is 0 Å². The molecule has 2 unspecified atom stereocenters. The Morgan fingerprint density at radius 2 is 1.47 bits per heavy atom. The molecule has 0 heterocycles. The van der Waals surface area contributed by atoms with Gasteiger partial charge in [-0.3, -0.25) is 4.79 Å². The molecule has 2 bridgehead atoms. The van der Waals surface area contributed by atoms with Crippen molar-refractivity contribution < 1.29 is 4.79 Å². The van der Waals surface area contributed by atoms with E-state index in [1.54, 1.807) is 0 Å². The number of carbonyl (C=O) groups excluding carboxylic acids is 1. The van der Waals surface area contributed by atoms with Crippen LogP contribution in [0.4, 0.5) is 0 Å². The van der Waals surface area contributed by atoms with E-state index < -0.39 is 28.1 Å². The van der Waals surface area contributed by atoms with Crippen molar-refractivity contribution in [3.8, 4) is 24.3 Å². The number of hydrogen-bond acceptors (Lipinski definition) is 5. The van der Waals surface area contributed by atoms with Gasteiger partial charge in [0.25, 0.3) is 0 Å². The lowest BCUT2D eigenvalue weighted by atomic mass is 9.38. The Hall–Kier alpha value is -2.37. The molecule has 0 N–H and O–H groups in total. The second kappa shape index (κ2) is 3.57. The summed E-state index contributed by atoms with van der Waals surface area (Å²) in [6.45, 7) is 3.78. The molecule has 0 saturated heterocycles. The fraction of sp³-hybridized carbons (Fsp3) is 0.643. The molecule has 5 heteroatoms. The molecule has 3 fully saturated rings. The summed E-state index contributed by atoms with van der Waals surface area (Å²) in [7, 11) is 0. The van der Waals surface area contributed by atoms with Gasteiger partial charge in [-0.25, -0.2) is 0 Å². The highest BCUT2D eigenvalue weighted by molar-refractivity contribution is 5.87. The Labute approximate surface area is 111 Å². The molecule has 0 radical (unpaired) electrons. The third kappa shape index (κ3) is 1.18. The Morgan fingerprint density at radius 1 is 1.00 bits per heavy atom. The lowest BCUT2D eigenvalue weighted by molar-refractivity contribution is -0.153. The first-order valence-electron chi connectivity index (χ1n) is 6.03. The van der Waals surface area contributed by atoms with Crippen LogP contribution in [0.2, 0.25) is 0 Å². The molecule has 3 rings (SSSR count). The van der Waals surface area contributed by atoms with Crippen LogP contribution in [0, 0.1) is 73.4 Å². The number of nitrogens with zero attached hydrogens (tertiary/aromatic N) is 4. The van der Waals surface area contributed by atoms with E-state index in [0.717, 1.165) is 0 Å². The third-order valence-electron chi connectivity index (χ3n) is 4.84. The van der Waals surface area contributed by atoms with Gasteiger partial charge in [-0.1, -0.05) is 13.8 Å². The first kappa shape index (κ1) is 13.1. The number of ketones is 1. The third-order valence-corrected chi connectivity index (χ3v) is 4.84. The summed E-state index contributed by atoms with van der Waals surface area (Å²) in [6, 6.07) is 7.48. The van der Waals surface area contributed by atoms with Crippen LogP contribution in [0.25, 0.3) is 0 Å². The van der Waals surface area contributed by atoms with Crippen molar-refractivity contribution in [2.24, 2.45) is 28.1 Å². The van der Waals surface area contributed by atoms with Crippen molar-refractivity contribution in [2.75, 3.05) is 0 Å². The lowest BCUT2D eigenvalue weighted by Crippen LogP contribution is -2.64. The smallest absolute Gasteiger partial charge is 0.185 e. The van der Waals surface area contributed by atoms with Crippen LogP contribution in [0.1, 0.15) is 26.7 Å². The van der Waals surface area contributed by atoms with Gasteiger partial charge >= 0.3 is 0 Å². The zero-order valence-electron chi connectivity index (χ0n) is 10.8. The van der Waals surface area contributed by atoms with Gasteiger partial charge in [0.1, 0.15) is 5.78 Å². The Kier molecular flexibility index (Phi) is 2.45. The van der Waals surface area contributed by atoms with E-state index in [9.17, 15) is 25.8 Å². The van der Waals surface area contributed by atoms with Crippen LogP contribution in [-0.4, -0.2) is 5.78 Å². The van der Waals surface area contributed by atoms with Crippen molar-refractivity contribution in [1.29, 1.82) is 21.0 Å². The average Bonchev–Trinajstić information content (AvgIpc) is 2.39. The SMILES string of the molecule is CC1(C)CC2C(=O)CC1C(C#N)(C#N)C2(C#N)C#N. The molecular weight excluding hydrogens is 240 g/mol. The maximum absolute atomic E-state index is 12.1. The maximum atomic E-state index is 12.1.